The van der Waals surface area contributed by atoms with E-state index in [-0.39, 0.29) is 0 Å². The molecule has 0 bridgehead atoms. The molecule has 0 amide bonds. The smallest absolute Gasteiger partial charge is 0.129 e. The van der Waals surface area contributed by atoms with Crippen LogP contribution in [0.2, 0.25) is 0 Å². The molecular formula is C17H22N2O. The van der Waals surface area contributed by atoms with Crippen LogP contribution in [0, 0.1) is 0 Å². The third kappa shape index (κ3) is 2.93. The van der Waals surface area contributed by atoms with E-state index in [9.17, 15) is 0 Å². The Hall–Kier alpha value is -1.61. The van der Waals surface area contributed by atoms with Gasteiger partial charge in [-0.3, -0.25) is 4.98 Å². The van der Waals surface area contributed by atoms with Crippen LogP contribution in [0.4, 0.5) is 0 Å². The fourth-order valence-corrected chi connectivity index (χ4v) is 3.08. The maximum atomic E-state index is 6.27. The Balaban J connectivity index is 1.76. The molecule has 1 saturated carbocycles. The van der Waals surface area contributed by atoms with Crippen LogP contribution in [0.15, 0.2) is 36.5 Å². The molecule has 1 fully saturated rings. The lowest BCUT2D eigenvalue weighted by Crippen LogP contribution is -2.37. The summed E-state index contributed by atoms with van der Waals surface area (Å²) in [6.45, 7) is 3.20. The van der Waals surface area contributed by atoms with E-state index >= 15 is 0 Å². The molecule has 0 spiro atoms. The van der Waals surface area contributed by atoms with E-state index in [2.05, 4.69) is 29.4 Å². The van der Waals surface area contributed by atoms with Gasteiger partial charge in [0.25, 0.3) is 0 Å². The quantitative estimate of drug-likeness (QED) is 0.922. The highest BCUT2D eigenvalue weighted by atomic mass is 16.5. The number of benzene rings is 1. The van der Waals surface area contributed by atoms with Crippen molar-refractivity contribution in [2.75, 3.05) is 6.54 Å². The van der Waals surface area contributed by atoms with Gasteiger partial charge < -0.3 is 10.1 Å². The van der Waals surface area contributed by atoms with Gasteiger partial charge in [-0.05, 0) is 56.5 Å². The van der Waals surface area contributed by atoms with Crippen LogP contribution >= 0.6 is 0 Å². The highest BCUT2D eigenvalue weighted by Crippen LogP contribution is 2.28. The lowest BCUT2D eigenvalue weighted by molar-refractivity contribution is 0.137. The van der Waals surface area contributed by atoms with Gasteiger partial charge in [-0.1, -0.05) is 13.0 Å². The van der Waals surface area contributed by atoms with E-state index in [4.69, 9.17) is 4.74 Å². The highest BCUT2D eigenvalue weighted by molar-refractivity contribution is 5.84. The number of pyridine rings is 1. The number of rotatable bonds is 4. The molecule has 3 heteroatoms. The van der Waals surface area contributed by atoms with Crippen molar-refractivity contribution >= 4 is 10.9 Å². The van der Waals surface area contributed by atoms with E-state index in [0.29, 0.717) is 12.1 Å². The van der Waals surface area contributed by atoms with Gasteiger partial charge in [0.2, 0.25) is 0 Å². The van der Waals surface area contributed by atoms with Gasteiger partial charge in [-0.2, -0.15) is 0 Å². The highest BCUT2D eigenvalue weighted by Gasteiger charge is 2.23. The number of ether oxygens (including phenoxy) is 1. The Kier molecular flexibility index (Phi) is 4.16. The number of hydrogen-bond acceptors (Lipinski definition) is 3. The van der Waals surface area contributed by atoms with Gasteiger partial charge in [-0.25, -0.2) is 0 Å². The Bertz CT molecular complexity index is 562. The Morgan fingerprint density at radius 1 is 1.25 bits per heavy atom. The predicted octanol–water partition coefficient (Wildman–Crippen LogP) is 3.53. The second kappa shape index (κ2) is 6.23. The molecule has 1 heterocycles. The maximum Gasteiger partial charge on any atom is 0.129 e. The second-order valence-corrected chi connectivity index (χ2v) is 5.49. The monoisotopic (exact) mass is 270 g/mol. The Labute approximate surface area is 120 Å². The number of aromatic nitrogens is 1. The van der Waals surface area contributed by atoms with Crippen molar-refractivity contribution in [2.45, 2.75) is 44.8 Å². The minimum Gasteiger partial charge on any atom is -0.490 e. The van der Waals surface area contributed by atoms with Crippen molar-refractivity contribution in [2.24, 2.45) is 0 Å². The summed E-state index contributed by atoms with van der Waals surface area (Å²) in [5.41, 5.74) is 1.00. The summed E-state index contributed by atoms with van der Waals surface area (Å²) in [5, 5.41) is 4.66. The molecule has 1 aliphatic carbocycles. The Morgan fingerprint density at radius 2 is 2.20 bits per heavy atom. The van der Waals surface area contributed by atoms with Crippen molar-refractivity contribution in [1.82, 2.24) is 10.3 Å². The molecule has 1 N–H and O–H groups in total. The van der Waals surface area contributed by atoms with Gasteiger partial charge in [0.1, 0.15) is 11.9 Å². The summed E-state index contributed by atoms with van der Waals surface area (Å²) < 4.78 is 6.27. The third-order valence-corrected chi connectivity index (χ3v) is 4.02. The van der Waals surface area contributed by atoms with E-state index in [0.717, 1.165) is 36.0 Å². The first-order chi connectivity index (χ1) is 9.86. The minimum absolute atomic E-state index is 0.318. The SMILES string of the molecule is CCNC1CCCC(Oc2cccc3ncccc23)C1. The van der Waals surface area contributed by atoms with E-state index < -0.39 is 0 Å². The molecule has 3 nitrogen and oxygen atoms in total. The molecule has 0 aliphatic heterocycles. The van der Waals surface area contributed by atoms with Crippen molar-refractivity contribution < 1.29 is 4.74 Å². The molecular weight excluding hydrogens is 248 g/mol. The number of nitrogens with one attached hydrogen (secondary N) is 1. The van der Waals surface area contributed by atoms with Crippen LogP contribution in [0.5, 0.6) is 5.75 Å². The van der Waals surface area contributed by atoms with Crippen LogP contribution in [0.1, 0.15) is 32.6 Å². The van der Waals surface area contributed by atoms with Crippen molar-refractivity contribution in [3.05, 3.63) is 36.5 Å². The number of fused-ring (bicyclic) bond motifs is 1. The van der Waals surface area contributed by atoms with E-state index in [1.807, 2.05) is 24.4 Å². The molecule has 106 valence electrons. The third-order valence-electron chi connectivity index (χ3n) is 4.02. The fourth-order valence-electron chi connectivity index (χ4n) is 3.08. The van der Waals surface area contributed by atoms with E-state index in [1.165, 1.54) is 12.8 Å². The molecule has 2 unspecified atom stereocenters. The summed E-state index contributed by atoms with van der Waals surface area (Å²) >= 11 is 0. The van der Waals surface area contributed by atoms with Gasteiger partial charge in [-0.15, -0.1) is 0 Å². The summed E-state index contributed by atoms with van der Waals surface area (Å²) in [5.74, 6) is 0.970. The van der Waals surface area contributed by atoms with Gasteiger partial charge in [0.15, 0.2) is 0 Å². The lowest BCUT2D eigenvalue weighted by atomic mass is 9.93. The number of hydrogen-bond donors (Lipinski definition) is 1. The van der Waals surface area contributed by atoms with Gasteiger partial charge >= 0.3 is 0 Å². The summed E-state index contributed by atoms with van der Waals surface area (Å²) in [6, 6.07) is 10.8. The molecule has 2 atom stereocenters. The first kappa shape index (κ1) is 13.4. The molecule has 0 saturated heterocycles. The Morgan fingerprint density at radius 3 is 3.10 bits per heavy atom. The molecule has 2 aromatic rings. The zero-order valence-corrected chi connectivity index (χ0v) is 12.0. The molecule has 1 aliphatic rings. The topological polar surface area (TPSA) is 34.1 Å². The molecule has 1 aromatic carbocycles. The summed E-state index contributed by atoms with van der Waals surface area (Å²) in [4.78, 5) is 4.39. The fraction of sp³-hybridized carbons (Fsp3) is 0.471. The van der Waals surface area contributed by atoms with Crippen LogP contribution < -0.4 is 10.1 Å². The van der Waals surface area contributed by atoms with Crippen LogP contribution in [-0.4, -0.2) is 23.7 Å². The first-order valence-electron chi connectivity index (χ1n) is 7.60. The summed E-state index contributed by atoms with van der Waals surface area (Å²) in [7, 11) is 0. The van der Waals surface area contributed by atoms with Crippen LogP contribution in [-0.2, 0) is 0 Å². The standard InChI is InChI=1S/C17H22N2O/c1-2-18-13-6-3-7-14(12-13)20-17-10-4-9-16-15(17)8-5-11-19-16/h4-5,8-11,13-14,18H,2-3,6-7,12H2,1H3. The molecule has 1 aromatic heterocycles. The lowest BCUT2D eigenvalue weighted by Gasteiger charge is -2.30. The molecule has 3 rings (SSSR count). The van der Waals surface area contributed by atoms with E-state index in [1.54, 1.807) is 0 Å². The van der Waals surface area contributed by atoms with Gasteiger partial charge in [0, 0.05) is 17.6 Å². The van der Waals surface area contributed by atoms with Gasteiger partial charge in [0.05, 0.1) is 5.52 Å². The van der Waals surface area contributed by atoms with Crippen molar-refractivity contribution in [1.29, 1.82) is 0 Å². The molecule has 0 radical (unpaired) electrons. The largest absolute Gasteiger partial charge is 0.490 e. The minimum atomic E-state index is 0.318. The zero-order valence-electron chi connectivity index (χ0n) is 12.0. The zero-order chi connectivity index (χ0) is 13.8. The van der Waals surface area contributed by atoms with Crippen LogP contribution in [0.3, 0.4) is 0 Å². The van der Waals surface area contributed by atoms with Crippen LogP contribution in [0.25, 0.3) is 10.9 Å². The number of nitrogens with zero attached hydrogens (tertiary/aromatic N) is 1. The van der Waals surface area contributed by atoms with Crippen molar-refractivity contribution in [3.8, 4) is 5.75 Å². The maximum absolute atomic E-state index is 6.27. The normalized spacial score (nSPS) is 22.9. The average Bonchev–Trinajstić information content (AvgIpc) is 2.48. The summed E-state index contributed by atoms with van der Waals surface area (Å²) in [6.07, 6.45) is 6.91. The molecule has 20 heavy (non-hydrogen) atoms. The average molecular weight is 270 g/mol. The second-order valence-electron chi connectivity index (χ2n) is 5.49. The first-order valence-corrected chi connectivity index (χ1v) is 7.60. The predicted molar refractivity (Wildman–Crippen MR) is 82.1 cm³/mol. The van der Waals surface area contributed by atoms with Crippen molar-refractivity contribution in [3.63, 3.8) is 0 Å².